The Morgan fingerprint density at radius 2 is 1.78 bits per heavy atom. The van der Waals surface area contributed by atoms with E-state index in [1.807, 2.05) is 4.90 Å². The Bertz CT molecular complexity index is 864. The first-order valence-corrected chi connectivity index (χ1v) is 8.79. The number of carbonyl (C=O) groups excluding carboxylic acids is 2. The number of amides is 2. The summed E-state index contributed by atoms with van der Waals surface area (Å²) in [6.07, 6.45) is 1.53. The lowest BCUT2D eigenvalue weighted by molar-refractivity contribution is -0.138. The molecule has 7 heteroatoms. The third kappa shape index (κ3) is 3.21. The van der Waals surface area contributed by atoms with Crippen LogP contribution in [0.15, 0.2) is 52.8 Å². The van der Waals surface area contributed by atoms with Crippen molar-refractivity contribution in [1.82, 2.24) is 9.80 Å². The average molecular weight is 368 g/mol. The summed E-state index contributed by atoms with van der Waals surface area (Å²) in [7, 11) is 1.59. The van der Waals surface area contributed by atoms with E-state index < -0.39 is 0 Å². The van der Waals surface area contributed by atoms with Crippen LogP contribution in [0.25, 0.3) is 5.57 Å². The molecule has 0 atom stereocenters. The predicted molar refractivity (Wildman–Crippen MR) is 96.6 cm³/mol. The fourth-order valence-corrected chi connectivity index (χ4v) is 3.36. The number of nitrogens with zero attached hydrogens (tertiary/aromatic N) is 2. The van der Waals surface area contributed by atoms with Crippen molar-refractivity contribution in [1.29, 1.82) is 0 Å². The molecule has 2 amide bonds. The molecule has 0 unspecified atom stereocenters. The van der Waals surface area contributed by atoms with E-state index in [0.29, 0.717) is 54.6 Å². The summed E-state index contributed by atoms with van der Waals surface area (Å²) < 4.78 is 15.9. The Kier molecular flexibility index (Phi) is 4.68. The zero-order valence-corrected chi connectivity index (χ0v) is 15.0. The van der Waals surface area contributed by atoms with Crippen molar-refractivity contribution < 1.29 is 23.5 Å². The highest BCUT2D eigenvalue weighted by atomic mass is 16.5. The number of furan rings is 1. The van der Waals surface area contributed by atoms with Crippen LogP contribution in [0, 0.1) is 0 Å². The van der Waals surface area contributed by atoms with Crippen LogP contribution in [0.5, 0.6) is 5.75 Å². The van der Waals surface area contributed by atoms with Gasteiger partial charge in [0.2, 0.25) is 0 Å². The second-order valence-electron chi connectivity index (χ2n) is 6.33. The summed E-state index contributed by atoms with van der Waals surface area (Å²) in [6, 6.07) is 10.7. The lowest BCUT2D eigenvalue weighted by atomic mass is 10.0. The van der Waals surface area contributed by atoms with Gasteiger partial charge < -0.3 is 18.8 Å². The fraction of sp³-hybridized carbons (Fsp3) is 0.300. The maximum absolute atomic E-state index is 13.2. The molecule has 1 aromatic heterocycles. The molecule has 140 valence electrons. The van der Waals surface area contributed by atoms with Crippen LogP contribution >= 0.6 is 0 Å². The molecule has 3 heterocycles. The topological polar surface area (TPSA) is 72.2 Å². The van der Waals surface area contributed by atoms with E-state index in [2.05, 4.69) is 0 Å². The average Bonchev–Trinajstić information content (AvgIpc) is 3.31. The van der Waals surface area contributed by atoms with Gasteiger partial charge >= 0.3 is 0 Å². The van der Waals surface area contributed by atoms with Crippen LogP contribution in [0.2, 0.25) is 0 Å². The van der Waals surface area contributed by atoms with Crippen molar-refractivity contribution in [3.05, 3.63) is 59.7 Å². The SMILES string of the molecule is COc1ccc(C2=C(N3CCOCC3)C(=O)N(Cc3ccco3)C2=O)cc1. The van der Waals surface area contributed by atoms with Gasteiger partial charge in [-0.1, -0.05) is 12.1 Å². The van der Waals surface area contributed by atoms with Crippen molar-refractivity contribution in [2.45, 2.75) is 6.54 Å². The van der Waals surface area contributed by atoms with Crippen molar-refractivity contribution >= 4 is 17.4 Å². The smallest absolute Gasteiger partial charge is 0.278 e. The van der Waals surface area contributed by atoms with Crippen LogP contribution < -0.4 is 4.74 Å². The summed E-state index contributed by atoms with van der Waals surface area (Å²) in [5, 5.41) is 0. The molecule has 0 spiro atoms. The van der Waals surface area contributed by atoms with E-state index in [-0.39, 0.29) is 18.4 Å². The minimum absolute atomic E-state index is 0.109. The molecule has 0 saturated carbocycles. The van der Waals surface area contributed by atoms with E-state index in [4.69, 9.17) is 13.9 Å². The Hall–Kier alpha value is -3.06. The third-order valence-electron chi connectivity index (χ3n) is 4.74. The quantitative estimate of drug-likeness (QED) is 0.751. The van der Waals surface area contributed by atoms with Crippen molar-refractivity contribution in [3.8, 4) is 5.75 Å². The van der Waals surface area contributed by atoms with Crippen molar-refractivity contribution in [3.63, 3.8) is 0 Å². The molecule has 2 aliphatic rings. The fourth-order valence-electron chi connectivity index (χ4n) is 3.36. The highest BCUT2D eigenvalue weighted by Crippen LogP contribution is 2.33. The lowest BCUT2D eigenvalue weighted by Crippen LogP contribution is -2.40. The number of rotatable bonds is 5. The maximum atomic E-state index is 13.2. The zero-order chi connectivity index (χ0) is 18.8. The summed E-state index contributed by atoms with van der Waals surface area (Å²) in [5.74, 6) is 0.637. The second-order valence-corrected chi connectivity index (χ2v) is 6.33. The molecule has 0 aliphatic carbocycles. The lowest BCUT2D eigenvalue weighted by Gasteiger charge is -2.29. The van der Waals surface area contributed by atoms with E-state index >= 15 is 0 Å². The Morgan fingerprint density at radius 1 is 1.04 bits per heavy atom. The minimum Gasteiger partial charge on any atom is -0.497 e. The summed E-state index contributed by atoms with van der Waals surface area (Å²) >= 11 is 0. The van der Waals surface area contributed by atoms with E-state index in [0.717, 1.165) is 0 Å². The monoisotopic (exact) mass is 368 g/mol. The highest BCUT2D eigenvalue weighted by Gasteiger charge is 2.42. The van der Waals surface area contributed by atoms with Gasteiger partial charge in [-0.25, -0.2) is 0 Å². The van der Waals surface area contributed by atoms with Crippen LogP contribution in [0.3, 0.4) is 0 Å². The molecular formula is C20H20N2O5. The number of hydrogen-bond donors (Lipinski definition) is 0. The highest BCUT2D eigenvalue weighted by molar-refractivity contribution is 6.35. The van der Waals surface area contributed by atoms with Gasteiger partial charge in [-0.2, -0.15) is 0 Å². The first-order valence-electron chi connectivity index (χ1n) is 8.79. The van der Waals surface area contributed by atoms with Crippen LogP contribution in [-0.2, 0) is 20.9 Å². The van der Waals surface area contributed by atoms with Gasteiger partial charge in [0.25, 0.3) is 11.8 Å². The Morgan fingerprint density at radius 3 is 2.41 bits per heavy atom. The minimum atomic E-state index is -0.317. The molecule has 4 rings (SSSR count). The molecule has 1 saturated heterocycles. The largest absolute Gasteiger partial charge is 0.497 e. The predicted octanol–water partition coefficient (Wildman–Crippen LogP) is 1.90. The molecule has 27 heavy (non-hydrogen) atoms. The molecule has 1 fully saturated rings. The molecule has 0 radical (unpaired) electrons. The molecule has 2 aliphatic heterocycles. The van der Waals surface area contributed by atoms with Crippen LogP contribution in [-0.4, -0.2) is 55.0 Å². The number of imide groups is 1. The van der Waals surface area contributed by atoms with E-state index in [1.165, 1.54) is 11.2 Å². The summed E-state index contributed by atoms with van der Waals surface area (Å²) in [4.78, 5) is 29.5. The molecule has 0 N–H and O–H groups in total. The normalized spacial score (nSPS) is 17.8. The maximum Gasteiger partial charge on any atom is 0.278 e. The van der Waals surface area contributed by atoms with E-state index in [1.54, 1.807) is 43.5 Å². The third-order valence-corrected chi connectivity index (χ3v) is 4.74. The first kappa shape index (κ1) is 17.4. The number of benzene rings is 1. The zero-order valence-electron chi connectivity index (χ0n) is 15.0. The van der Waals surface area contributed by atoms with Gasteiger partial charge in [0.05, 0.1) is 38.7 Å². The number of hydrogen-bond acceptors (Lipinski definition) is 6. The number of methoxy groups -OCH3 is 1. The molecule has 7 nitrogen and oxygen atoms in total. The first-order chi connectivity index (χ1) is 13.2. The molecular weight excluding hydrogens is 348 g/mol. The molecule has 2 aromatic rings. The standard InChI is InChI=1S/C20H20N2O5/c1-25-15-6-4-14(5-7-15)17-18(21-8-11-26-12-9-21)20(24)22(19(17)23)13-16-3-2-10-27-16/h2-7,10H,8-9,11-13H2,1H3. The van der Waals surface area contributed by atoms with Crippen molar-refractivity contribution in [2.75, 3.05) is 33.4 Å². The Balaban J connectivity index is 1.73. The van der Waals surface area contributed by atoms with Crippen LogP contribution in [0.1, 0.15) is 11.3 Å². The van der Waals surface area contributed by atoms with E-state index in [9.17, 15) is 9.59 Å². The van der Waals surface area contributed by atoms with Gasteiger partial charge in [-0.15, -0.1) is 0 Å². The molecule has 1 aromatic carbocycles. The summed E-state index contributed by atoms with van der Waals surface area (Å²) in [5.41, 5.74) is 1.54. The van der Waals surface area contributed by atoms with Gasteiger partial charge in [0.15, 0.2) is 0 Å². The van der Waals surface area contributed by atoms with Gasteiger partial charge in [-0.05, 0) is 29.8 Å². The second kappa shape index (κ2) is 7.28. The van der Waals surface area contributed by atoms with Gasteiger partial charge in [0.1, 0.15) is 17.2 Å². The number of carbonyl (C=O) groups is 2. The van der Waals surface area contributed by atoms with Gasteiger partial charge in [-0.3, -0.25) is 14.5 Å². The van der Waals surface area contributed by atoms with Crippen LogP contribution in [0.4, 0.5) is 0 Å². The summed E-state index contributed by atoms with van der Waals surface area (Å²) in [6.45, 7) is 2.31. The molecule has 0 bridgehead atoms. The van der Waals surface area contributed by atoms with Crippen molar-refractivity contribution in [2.24, 2.45) is 0 Å². The number of morpholine rings is 1. The Labute approximate surface area is 156 Å². The van der Waals surface area contributed by atoms with Gasteiger partial charge in [0, 0.05) is 13.1 Å². The number of ether oxygens (including phenoxy) is 2.